The molecule has 1 aromatic carbocycles. The van der Waals surface area contributed by atoms with Gasteiger partial charge in [0.25, 0.3) is 0 Å². The molecule has 0 saturated heterocycles. The van der Waals surface area contributed by atoms with E-state index in [1.54, 1.807) is 0 Å². The van der Waals surface area contributed by atoms with Crippen molar-refractivity contribution in [2.75, 3.05) is 0 Å². The third-order valence-electron chi connectivity index (χ3n) is 5.04. The molecule has 0 fully saturated rings. The van der Waals surface area contributed by atoms with Crippen LogP contribution in [-0.2, 0) is 23.7 Å². The average Bonchev–Trinajstić information content (AvgIpc) is 2.84. The van der Waals surface area contributed by atoms with Gasteiger partial charge in [0.2, 0.25) is 0 Å². The monoisotopic (exact) mass is 441 g/mol. The number of halogens is 3. The quantitative estimate of drug-likeness (QED) is 0.468. The van der Waals surface area contributed by atoms with Gasteiger partial charge in [-0.2, -0.15) is 0 Å². The second-order valence-electron chi connectivity index (χ2n) is 9.39. The van der Waals surface area contributed by atoms with E-state index >= 15 is 0 Å². The van der Waals surface area contributed by atoms with Crippen LogP contribution in [-0.4, -0.2) is 10.8 Å². The Hall–Kier alpha value is -0.960. The number of Topliss-reactive ketones (excluding diaryl/α,β-unsaturated/α-hetero) is 1. The van der Waals surface area contributed by atoms with Crippen molar-refractivity contribution in [3.8, 4) is 0 Å². The van der Waals surface area contributed by atoms with Crippen LogP contribution in [0.1, 0.15) is 87.6 Å². The second-order valence-corrected chi connectivity index (χ2v) is 10.5. The van der Waals surface area contributed by atoms with Crippen molar-refractivity contribution in [2.45, 2.75) is 78.6 Å². The van der Waals surface area contributed by atoms with Crippen LogP contribution in [0.4, 0.5) is 0 Å². The summed E-state index contributed by atoms with van der Waals surface area (Å²) in [7, 11) is 0. The Balaban J connectivity index is 2.40. The number of carbonyl (C=O) groups excluding carboxylic acids is 1. The van der Waals surface area contributed by atoms with Gasteiger partial charge >= 0.3 is 0 Å². The second kappa shape index (κ2) is 8.42. The number of hydrogen-bond acceptors (Lipinski definition) is 1. The summed E-state index contributed by atoms with van der Waals surface area (Å²) in [5, 5.41) is 0.597. The maximum Gasteiger partial charge on any atom is 0.180 e. The molecule has 0 aliphatic heterocycles. The first-order valence-corrected chi connectivity index (χ1v) is 10.8. The summed E-state index contributed by atoms with van der Waals surface area (Å²) in [5.74, 6) is -0.0898. The molecule has 1 aromatic heterocycles. The van der Waals surface area contributed by atoms with Crippen LogP contribution in [0.2, 0.25) is 15.2 Å². The Bertz CT molecular complexity index is 847. The minimum absolute atomic E-state index is 0.0369. The van der Waals surface area contributed by atoms with Gasteiger partial charge in [0.05, 0.1) is 10.0 Å². The zero-order chi connectivity index (χ0) is 21.4. The molecule has 0 amide bonds. The van der Waals surface area contributed by atoms with Crippen LogP contribution < -0.4 is 0 Å². The Morgan fingerprint density at radius 3 is 1.79 bits per heavy atom. The topological polar surface area (TPSA) is 32.9 Å². The van der Waals surface area contributed by atoms with Gasteiger partial charge < -0.3 is 4.98 Å². The minimum atomic E-state index is -0.0898. The SMILES string of the molecule is CCc1c(C(C)(C)C)cc(CCC(=O)c2[nH]c(Cl)c(Cl)c2Cl)cc1C(C)(C)C. The van der Waals surface area contributed by atoms with Gasteiger partial charge in [-0.25, -0.2) is 0 Å². The number of ketones is 1. The van der Waals surface area contributed by atoms with Gasteiger partial charge in [-0.05, 0) is 45.9 Å². The van der Waals surface area contributed by atoms with E-state index in [4.69, 9.17) is 34.8 Å². The normalized spacial score (nSPS) is 12.5. The summed E-state index contributed by atoms with van der Waals surface area (Å²) < 4.78 is 0. The first-order valence-electron chi connectivity index (χ1n) is 9.69. The highest BCUT2D eigenvalue weighted by Crippen LogP contribution is 2.37. The molecule has 0 atom stereocenters. The van der Waals surface area contributed by atoms with Gasteiger partial charge in [0.15, 0.2) is 5.78 Å². The zero-order valence-electron chi connectivity index (χ0n) is 17.8. The van der Waals surface area contributed by atoms with E-state index < -0.39 is 0 Å². The van der Waals surface area contributed by atoms with Crippen LogP contribution >= 0.6 is 34.8 Å². The van der Waals surface area contributed by atoms with Crippen LogP contribution in [0, 0.1) is 0 Å². The van der Waals surface area contributed by atoms with Crippen LogP contribution in [0.15, 0.2) is 12.1 Å². The Labute approximate surface area is 184 Å². The third kappa shape index (κ3) is 4.96. The molecule has 2 aromatic rings. The number of hydrogen-bond donors (Lipinski definition) is 1. The molecule has 154 valence electrons. The highest BCUT2D eigenvalue weighted by molar-refractivity contribution is 6.49. The summed E-state index contributed by atoms with van der Waals surface area (Å²) in [5.41, 5.74) is 5.66. The lowest BCUT2D eigenvalue weighted by atomic mass is 9.74. The fourth-order valence-corrected chi connectivity index (χ4v) is 4.22. The molecule has 28 heavy (non-hydrogen) atoms. The van der Waals surface area contributed by atoms with E-state index in [1.807, 2.05) is 0 Å². The van der Waals surface area contributed by atoms with Crippen LogP contribution in [0.5, 0.6) is 0 Å². The molecule has 2 rings (SSSR count). The predicted molar refractivity (Wildman–Crippen MR) is 122 cm³/mol. The molecule has 0 aliphatic rings. The van der Waals surface area contributed by atoms with E-state index in [9.17, 15) is 4.79 Å². The lowest BCUT2D eigenvalue weighted by molar-refractivity contribution is 0.0979. The molecule has 0 saturated carbocycles. The molecular formula is C23H30Cl3NO. The maximum absolute atomic E-state index is 12.7. The zero-order valence-corrected chi connectivity index (χ0v) is 20.1. The summed E-state index contributed by atoms with van der Waals surface area (Å²) in [6.07, 6.45) is 1.97. The number of benzene rings is 1. The van der Waals surface area contributed by atoms with Crippen molar-refractivity contribution < 1.29 is 4.79 Å². The van der Waals surface area contributed by atoms with Crippen molar-refractivity contribution in [3.63, 3.8) is 0 Å². The van der Waals surface area contributed by atoms with Crippen molar-refractivity contribution in [2.24, 2.45) is 0 Å². The van der Waals surface area contributed by atoms with Gasteiger partial charge in [0, 0.05) is 6.42 Å². The Morgan fingerprint density at radius 2 is 1.43 bits per heavy atom. The van der Waals surface area contributed by atoms with E-state index in [-0.39, 0.29) is 37.5 Å². The lowest BCUT2D eigenvalue weighted by Gasteiger charge is -2.31. The number of aromatic nitrogens is 1. The molecule has 0 radical (unpaired) electrons. The molecular weight excluding hydrogens is 413 g/mol. The van der Waals surface area contributed by atoms with Crippen molar-refractivity contribution >= 4 is 40.6 Å². The third-order valence-corrected chi connectivity index (χ3v) is 6.27. The molecule has 2 nitrogen and oxygen atoms in total. The number of H-pyrrole nitrogens is 1. The van der Waals surface area contributed by atoms with Gasteiger partial charge in [-0.1, -0.05) is 95.4 Å². The predicted octanol–water partition coefficient (Wildman–Crippen LogP) is 7.95. The smallest absolute Gasteiger partial charge is 0.180 e. The Morgan fingerprint density at radius 1 is 0.929 bits per heavy atom. The van der Waals surface area contributed by atoms with Gasteiger partial charge in [-0.15, -0.1) is 0 Å². The number of carbonyl (C=O) groups is 1. The standard InChI is InChI=1S/C23H30Cl3NO/c1-8-14-15(22(2,3)4)11-13(12-16(14)23(5,6)7)9-10-17(28)20-18(24)19(25)21(26)27-20/h11-12,27H,8-10H2,1-7H3. The number of rotatable bonds is 5. The molecule has 0 aliphatic carbocycles. The summed E-state index contributed by atoms with van der Waals surface area (Å²) >= 11 is 18.1. The summed E-state index contributed by atoms with van der Waals surface area (Å²) in [4.78, 5) is 15.4. The summed E-state index contributed by atoms with van der Waals surface area (Å²) in [6.45, 7) is 15.7. The first kappa shape index (κ1) is 23.3. The van der Waals surface area contributed by atoms with E-state index in [1.165, 1.54) is 22.3 Å². The van der Waals surface area contributed by atoms with Crippen molar-refractivity contribution in [1.82, 2.24) is 4.98 Å². The minimum Gasteiger partial charge on any atom is -0.341 e. The lowest BCUT2D eigenvalue weighted by Crippen LogP contribution is -2.21. The summed E-state index contributed by atoms with van der Waals surface area (Å²) in [6, 6.07) is 4.52. The highest BCUT2D eigenvalue weighted by atomic mass is 35.5. The van der Waals surface area contributed by atoms with E-state index in [0.717, 1.165) is 6.42 Å². The molecule has 1 N–H and O–H groups in total. The molecule has 5 heteroatoms. The largest absolute Gasteiger partial charge is 0.341 e. The molecule has 0 unspecified atom stereocenters. The first-order chi connectivity index (χ1) is 12.8. The van der Waals surface area contributed by atoms with Crippen molar-refractivity contribution in [3.05, 3.63) is 55.3 Å². The fourth-order valence-electron chi connectivity index (χ4n) is 3.60. The van der Waals surface area contributed by atoms with Gasteiger partial charge in [-0.3, -0.25) is 4.79 Å². The van der Waals surface area contributed by atoms with Gasteiger partial charge in [0.1, 0.15) is 10.8 Å². The molecule has 0 bridgehead atoms. The van der Waals surface area contributed by atoms with Crippen LogP contribution in [0.25, 0.3) is 0 Å². The number of aromatic amines is 1. The Kier molecular flexibility index (Phi) is 7.01. The highest BCUT2D eigenvalue weighted by Gasteiger charge is 2.26. The maximum atomic E-state index is 12.7. The van der Waals surface area contributed by atoms with E-state index in [2.05, 4.69) is 65.6 Å². The fraction of sp³-hybridized carbons (Fsp3) is 0.522. The van der Waals surface area contributed by atoms with Crippen molar-refractivity contribution in [1.29, 1.82) is 0 Å². The number of nitrogens with one attached hydrogen (secondary N) is 1. The average molecular weight is 443 g/mol. The molecule has 0 spiro atoms. The van der Waals surface area contributed by atoms with E-state index in [0.29, 0.717) is 12.8 Å². The molecule has 1 heterocycles. The number of aryl methyl sites for hydroxylation is 1. The van der Waals surface area contributed by atoms with Crippen LogP contribution in [0.3, 0.4) is 0 Å².